The number of aromatic nitrogens is 3. The molecule has 1 amide bonds. The Labute approximate surface area is 111 Å². The van der Waals surface area contributed by atoms with Gasteiger partial charge in [-0.1, -0.05) is 0 Å². The van der Waals surface area contributed by atoms with Gasteiger partial charge in [0.15, 0.2) is 0 Å². The second-order valence-corrected chi connectivity index (χ2v) is 4.21. The van der Waals surface area contributed by atoms with Gasteiger partial charge in [-0.3, -0.25) is 14.5 Å². The van der Waals surface area contributed by atoms with Crippen molar-refractivity contribution in [3.63, 3.8) is 0 Å². The molecule has 0 aliphatic heterocycles. The lowest BCUT2D eigenvalue weighted by Gasteiger charge is -2.02. The van der Waals surface area contributed by atoms with Gasteiger partial charge in [-0.15, -0.1) is 0 Å². The van der Waals surface area contributed by atoms with E-state index in [1.807, 2.05) is 12.1 Å². The van der Waals surface area contributed by atoms with Crippen LogP contribution in [-0.2, 0) is 7.05 Å². The predicted octanol–water partition coefficient (Wildman–Crippen LogP) is 1.14. The van der Waals surface area contributed by atoms with E-state index >= 15 is 0 Å². The summed E-state index contributed by atoms with van der Waals surface area (Å²) in [5, 5.41) is 7.07. The molecule has 0 aromatic carbocycles. The molecule has 94 valence electrons. The van der Waals surface area contributed by atoms with Crippen LogP contribution in [-0.4, -0.2) is 33.0 Å². The molecular formula is C12H14N4OS. The molecule has 5 nitrogen and oxygen atoms in total. The summed E-state index contributed by atoms with van der Waals surface area (Å²) < 4.78 is 1.57. The molecule has 2 heterocycles. The first-order valence-electron chi connectivity index (χ1n) is 5.56. The molecule has 0 saturated carbocycles. The van der Waals surface area contributed by atoms with Gasteiger partial charge in [-0.2, -0.15) is 17.7 Å². The SMILES string of the molecule is Cn1nc(-c2cccnc2)cc1C(=O)NCCS. The third-order valence-corrected chi connectivity index (χ3v) is 2.69. The first kappa shape index (κ1) is 12.6. The number of rotatable bonds is 4. The second kappa shape index (κ2) is 5.68. The zero-order chi connectivity index (χ0) is 13.0. The Kier molecular flexibility index (Phi) is 3.99. The third-order valence-electron chi connectivity index (χ3n) is 2.47. The van der Waals surface area contributed by atoms with Crippen molar-refractivity contribution in [2.45, 2.75) is 0 Å². The molecule has 0 fully saturated rings. The average Bonchev–Trinajstić information content (AvgIpc) is 2.79. The fourth-order valence-electron chi connectivity index (χ4n) is 1.60. The van der Waals surface area contributed by atoms with E-state index in [4.69, 9.17) is 0 Å². The van der Waals surface area contributed by atoms with Crippen LogP contribution in [0.15, 0.2) is 30.6 Å². The summed E-state index contributed by atoms with van der Waals surface area (Å²) in [5.74, 6) is 0.466. The molecule has 2 aromatic rings. The molecule has 6 heteroatoms. The standard InChI is InChI=1S/C12H14N4OS/c1-16-11(12(17)14-5-6-18)7-10(15-16)9-3-2-4-13-8-9/h2-4,7-8,18H,5-6H2,1H3,(H,14,17). The van der Waals surface area contributed by atoms with Crippen molar-refractivity contribution < 1.29 is 4.79 Å². The minimum atomic E-state index is -0.144. The lowest BCUT2D eigenvalue weighted by molar-refractivity contribution is 0.0947. The maximum atomic E-state index is 11.8. The monoisotopic (exact) mass is 262 g/mol. The van der Waals surface area contributed by atoms with Gasteiger partial charge in [-0.05, 0) is 18.2 Å². The highest BCUT2D eigenvalue weighted by atomic mass is 32.1. The molecule has 0 bridgehead atoms. The number of nitrogens with one attached hydrogen (secondary N) is 1. The van der Waals surface area contributed by atoms with Crippen LogP contribution in [0.25, 0.3) is 11.3 Å². The van der Waals surface area contributed by atoms with Gasteiger partial charge in [0.25, 0.3) is 5.91 Å². The number of amides is 1. The number of carbonyl (C=O) groups excluding carboxylic acids is 1. The molecule has 2 aromatic heterocycles. The Balaban J connectivity index is 2.25. The zero-order valence-electron chi connectivity index (χ0n) is 10.00. The smallest absolute Gasteiger partial charge is 0.269 e. The molecule has 2 rings (SSSR count). The topological polar surface area (TPSA) is 59.8 Å². The number of aryl methyl sites for hydroxylation is 1. The predicted molar refractivity (Wildman–Crippen MR) is 72.6 cm³/mol. The molecule has 0 atom stereocenters. The van der Waals surface area contributed by atoms with Crippen molar-refractivity contribution in [3.8, 4) is 11.3 Å². The molecule has 0 saturated heterocycles. The Hall–Kier alpha value is -1.82. The minimum Gasteiger partial charge on any atom is -0.350 e. The third kappa shape index (κ3) is 2.70. The summed E-state index contributed by atoms with van der Waals surface area (Å²) >= 11 is 4.05. The van der Waals surface area contributed by atoms with Crippen LogP contribution in [0.2, 0.25) is 0 Å². The maximum absolute atomic E-state index is 11.8. The van der Waals surface area contributed by atoms with Gasteiger partial charge in [0, 0.05) is 37.3 Å². The fraction of sp³-hybridized carbons (Fsp3) is 0.250. The number of pyridine rings is 1. The Morgan fingerprint density at radius 1 is 1.56 bits per heavy atom. The van der Waals surface area contributed by atoms with Crippen molar-refractivity contribution in [3.05, 3.63) is 36.3 Å². The molecule has 1 N–H and O–H groups in total. The largest absolute Gasteiger partial charge is 0.350 e. The van der Waals surface area contributed by atoms with E-state index in [0.29, 0.717) is 18.0 Å². The number of thiol groups is 1. The van der Waals surface area contributed by atoms with Gasteiger partial charge < -0.3 is 5.32 Å². The van der Waals surface area contributed by atoms with Crippen molar-refractivity contribution in [1.29, 1.82) is 0 Å². The minimum absolute atomic E-state index is 0.144. The number of carbonyl (C=O) groups is 1. The molecule has 0 aliphatic carbocycles. The normalized spacial score (nSPS) is 10.3. The lowest BCUT2D eigenvalue weighted by Crippen LogP contribution is -2.27. The highest BCUT2D eigenvalue weighted by Gasteiger charge is 2.13. The first-order valence-corrected chi connectivity index (χ1v) is 6.19. The van der Waals surface area contributed by atoms with E-state index in [1.54, 1.807) is 30.2 Å². The molecule has 18 heavy (non-hydrogen) atoms. The maximum Gasteiger partial charge on any atom is 0.269 e. The summed E-state index contributed by atoms with van der Waals surface area (Å²) in [5.41, 5.74) is 2.15. The first-order chi connectivity index (χ1) is 8.72. The van der Waals surface area contributed by atoms with E-state index in [9.17, 15) is 4.79 Å². The van der Waals surface area contributed by atoms with Crippen LogP contribution in [0, 0.1) is 0 Å². The van der Waals surface area contributed by atoms with Gasteiger partial charge >= 0.3 is 0 Å². The van der Waals surface area contributed by atoms with Crippen LogP contribution < -0.4 is 5.32 Å². The molecular weight excluding hydrogens is 248 g/mol. The molecule has 0 aliphatic rings. The Morgan fingerprint density at radius 2 is 2.39 bits per heavy atom. The average molecular weight is 262 g/mol. The van der Waals surface area contributed by atoms with E-state index in [-0.39, 0.29) is 5.91 Å². The zero-order valence-corrected chi connectivity index (χ0v) is 10.9. The molecule has 0 spiro atoms. The summed E-state index contributed by atoms with van der Waals surface area (Å²) in [6.45, 7) is 0.537. The number of hydrogen-bond donors (Lipinski definition) is 2. The highest BCUT2D eigenvalue weighted by molar-refractivity contribution is 7.80. The van der Waals surface area contributed by atoms with E-state index in [1.165, 1.54) is 0 Å². The van der Waals surface area contributed by atoms with Crippen molar-refractivity contribution in [2.24, 2.45) is 7.05 Å². The van der Waals surface area contributed by atoms with E-state index in [0.717, 1.165) is 11.3 Å². The Bertz CT molecular complexity index is 538. The summed E-state index contributed by atoms with van der Waals surface area (Å²) in [6.07, 6.45) is 3.42. The summed E-state index contributed by atoms with van der Waals surface area (Å²) in [4.78, 5) is 15.9. The fourth-order valence-corrected chi connectivity index (χ4v) is 1.71. The van der Waals surface area contributed by atoms with E-state index in [2.05, 4.69) is 28.0 Å². The van der Waals surface area contributed by atoms with Gasteiger partial charge in [-0.25, -0.2) is 0 Å². The van der Waals surface area contributed by atoms with Crippen molar-refractivity contribution in [2.75, 3.05) is 12.3 Å². The van der Waals surface area contributed by atoms with Crippen LogP contribution in [0.3, 0.4) is 0 Å². The van der Waals surface area contributed by atoms with Crippen LogP contribution >= 0.6 is 12.6 Å². The summed E-state index contributed by atoms with van der Waals surface area (Å²) in [7, 11) is 1.75. The van der Waals surface area contributed by atoms with Gasteiger partial charge in [0.2, 0.25) is 0 Å². The quantitative estimate of drug-likeness (QED) is 0.812. The number of hydrogen-bond acceptors (Lipinski definition) is 4. The number of nitrogens with zero attached hydrogens (tertiary/aromatic N) is 3. The molecule has 0 radical (unpaired) electrons. The Morgan fingerprint density at radius 3 is 3.06 bits per heavy atom. The highest BCUT2D eigenvalue weighted by Crippen LogP contribution is 2.17. The van der Waals surface area contributed by atoms with Crippen LogP contribution in [0.1, 0.15) is 10.5 Å². The van der Waals surface area contributed by atoms with Crippen LogP contribution in [0.5, 0.6) is 0 Å². The van der Waals surface area contributed by atoms with Crippen molar-refractivity contribution >= 4 is 18.5 Å². The molecule has 0 unspecified atom stereocenters. The van der Waals surface area contributed by atoms with Gasteiger partial charge in [0.05, 0.1) is 5.69 Å². The van der Waals surface area contributed by atoms with Gasteiger partial charge in [0.1, 0.15) is 5.69 Å². The van der Waals surface area contributed by atoms with Crippen molar-refractivity contribution in [1.82, 2.24) is 20.1 Å². The van der Waals surface area contributed by atoms with E-state index < -0.39 is 0 Å². The van der Waals surface area contributed by atoms with Crippen LogP contribution in [0.4, 0.5) is 0 Å². The second-order valence-electron chi connectivity index (χ2n) is 3.76. The summed E-state index contributed by atoms with van der Waals surface area (Å²) in [6, 6.07) is 5.50. The lowest BCUT2D eigenvalue weighted by atomic mass is 10.2.